The Bertz CT molecular complexity index is 1110. The SMILES string of the molecule is O=C1CN(C(=O)c2nc3c(C4CC4)cc(C4CC4)cn3c2Cl)CCCCC1C1CCC(O)CC1. The summed E-state index contributed by atoms with van der Waals surface area (Å²) < 4.78 is 1.91. The minimum absolute atomic E-state index is 0.0118. The van der Waals surface area contributed by atoms with Gasteiger partial charge in [0.2, 0.25) is 0 Å². The number of rotatable bonds is 4. The fraction of sp³-hybridized carbons (Fsp3) is 0.667. The summed E-state index contributed by atoms with van der Waals surface area (Å²) in [6.07, 6.45) is 12.7. The molecule has 4 aliphatic rings. The lowest BCUT2D eigenvalue weighted by Gasteiger charge is -2.34. The number of Topliss-reactive ketones (excluding diaryl/α,β-unsaturated/α-hetero) is 1. The first-order valence-corrected chi connectivity index (χ1v) is 13.6. The van der Waals surface area contributed by atoms with Gasteiger partial charge in [-0.15, -0.1) is 0 Å². The van der Waals surface area contributed by atoms with Crippen molar-refractivity contribution in [3.05, 3.63) is 34.2 Å². The predicted octanol–water partition coefficient (Wildman–Crippen LogP) is 5.11. The number of aromatic nitrogens is 2. The van der Waals surface area contributed by atoms with Gasteiger partial charge in [0.25, 0.3) is 5.91 Å². The van der Waals surface area contributed by atoms with Crippen molar-refractivity contribution in [3.63, 3.8) is 0 Å². The van der Waals surface area contributed by atoms with Crippen LogP contribution in [-0.4, -0.2) is 50.3 Å². The Hall–Kier alpha value is -1.92. The number of nitrogens with zero attached hydrogens (tertiary/aromatic N) is 3. The van der Waals surface area contributed by atoms with Gasteiger partial charge in [-0.05, 0) is 93.1 Å². The van der Waals surface area contributed by atoms with Crippen LogP contribution >= 0.6 is 11.6 Å². The van der Waals surface area contributed by atoms with Gasteiger partial charge in [-0.2, -0.15) is 0 Å². The van der Waals surface area contributed by atoms with Crippen LogP contribution in [0.25, 0.3) is 5.65 Å². The molecule has 1 amide bonds. The average molecular weight is 484 g/mol. The third-order valence-electron chi connectivity index (χ3n) is 8.53. The van der Waals surface area contributed by atoms with E-state index in [-0.39, 0.29) is 36.0 Å². The number of ketones is 1. The number of hydrogen-bond acceptors (Lipinski definition) is 4. The van der Waals surface area contributed by atoms with Gasteiger partial charge in [-0.1, -0.05) is 24.1 Å². The molecule has 1 N–H and O–H groups in total. The van der Waals surface area contributed by atoms with Crippen molar-refractivity contribution < 1.29 is 14.7 Å². The summed E-state index contributed by atoms with van der Waals surface area (Å²) in [5.41, 5.74) is 3.60. The molecule has 6 nitrogen and oxygen atoms in total. The Kier molecular flexibility index (Phi) is 5.93. The Morgan fingerprint density at radius 3 is 2.44 bits per heavy atom. The van der Waals surface area contributed by atoms with Crippen LogP contribution in [0.5, 0.6) is 0 Å². The van der Waals surface area contributed by atoms with Gasteiger partial charge in [-0.25, -0.2) is 4.98 Å². The third kappa shape index (κ3) is 4.28. The lowest BCUT2D eigenvalue weighted by atomic mass is 9.74. The molecule has 4 fully saturated rings. The molecule has 2 aromatic heterocycles. The normalized spacial score (nSPS) is 28.7. The van der Waals surface area contributed by atoms with Gasteiger partial charge in [0.05, 0.1) is 12.6 Å². The Morgan fingerprint density at radius 2 is 1.74 bits per heavy atom. The largest absolute Gasteiger partial charge is 0.393 e. The summed E-state index contributed by atoms with van der Waals surface area (Å²) in [5.74, 6) is 1.36. The monoisotopic (exact) mass is 483 g/mol. The number of pyridine rings is 1. The van der Waals surface area contributed by atoms with Crippen molar-refractivity contribution in [2.24, 2.45) is 11.8 Å². The van der Waals surface area contributed by atoms with E-state index in [2.05, 4.69) is 12.3 Å². The van der Waals surface area contributed by atoms with Crippen molar-refractivity contribution in [2.75, 3.05) is 13.1 Å². The van der Waals surface area contributed by atoms with Crippen molar-refractivity contribution in [3.8, 4) is 0 Å². The molecule has 0 radical (unpaired) electrons. The maximum absolute atomic E-state index is 13.6. The van der Waals surface area contributed by atoms with Gasteiger partial charge in [-0.3, -0.25) is 14.0 Å². The Balaban J connectivity index is 1.26. The number of aliphatic hydroxyl groups excluding tert-OH is 1. The predicted molar refractivity (Wildman–Crippen MR) is 130 cm³/mol. The number of carbonyl (C=O) groups is 2. The summed E-state index contributed by atoms with van der Waals surface area (Å²) >= 11 is 6.78. The van der Waals surface area contributed by atoms with E-state index in [9.17, 15) is 14.7 Å². The second-order valence-corrected chi connectivity index (χ2v) is 11.4. The van der Waals surface area contributed by atoms with Gasteiger partial charge < -0.3 is 10.0 Å². The first-order chi connectivity index (χ1) is 16.5. The first kappa shape index (κ1) is 22.5. The zero-order valence-corrected chi connectivity index (χ0v) is 20.5. The summed E-state index contributed by atoms with van der Waals surface area (Å²) in [4.78, 5) is 33.4. The number of amides is 1. The number of imidazole rings is 1. The summed E-state index contributed by atoms with van der Waals surface area (Å²) in [6, 6.07) is 2.29. The van der Waals surface area contributed by atoms with Gasteiger partial charge >= 0.3 is 0 Å². The molecule has 1 atom stereocenters. The van der Waals surface area contributed by atoms with Crippen LogP contribution < -0.4 is 0 Å². The zero-order valence-electron chi connectivity index (χ0n) is 19.7. The van der Waals surface area contributed by atoms with E-state index in [1.165, 1.54) is 24.0 Å². The summed E-state index contributed by atoms with van der Waals surface area (Å²) in [7, 11) is 0. The van der Waals surface area contributed by atoms with Crippen molar-refractivity contribution in [1.82, 2.24) is 14.3 Å². The second kappa shape index (κ2) is 8.94. The fourth-order valence-electron chi connectivity index (χ4n) is 6.17. The number of hydrogen-bond donors (Lipinski definition) is 1. The highest BCUT2D eigenvalue weighted by atomic mass is 35.5. The van der Waals surface area contributed by atoms with E-state index in [0.29, 0.717) is 29.5 Å². The Labute approximate surface area is 205 Å². The van der Waals surface area contributed by atoms with Crippen LogP contribution in [0.1, 0.15) is 104 Å². The zero-order chi connectivity index (χ0) is 23.4. The van der Waals surface area contributed by atoms with Crippen LogP contribution in [-0.2, 0) is 4.79 Å². The molecule has 1 saturated heterocycles. The second-order valence-electron chi connectivity index (χ2n) is 11.1. The molecular weight excluding hydrogens is 450 g/mol. The van der Waals surface area contributed by atoms with E-state index in [4.69, 9.17) is 16.6 Å². The molecule has 0 spiro atoms. The topological polar surface area (TPSA) is 74.9 Å². The number of aliphatic hydroxyl groups is 1. The Morgan fingerprint density at radius 1 is 1.00 bits per heavy atom. The first-order valence-electron chi connectivity index (χ1n) is 13.2. The highest BCUT2D eigenvalue weighted by Gasteiger charge is 2.36. The maximum Gasteiger partial charge on any atom is 0.276 e. The molecule has 7 heteroatoms. The maximum atomic E-state index is 13.6. The smallest absolute Gasteiger partial charge is 0.276 e. The van der Waals surface area contributed by atoms with Crippen LogP contribution in [0.15, 0.2) is 12.3 Å². The molecule has 2 aromatic rings. The highest BCUT2D eigenvalue weighted by Crippen LogP contribution is 2.46. The van der Waals surface area contributed by atoms with Crippen molar-refractivity contribution >= 4 is 28.9 Å². The van der Waals surface area contributed by atoms with Gasteiger partial charge in [0.15, 0.2) is 11.5 Å². The molecule has 1 aliphatic heterocycles. The van der Waals surface area contributed by atoms with Crippen molar-refractivity contribution in [2.45, 2.75) is 88.6 Å². The lowest BCUT2D eigenvalue weighted by molar-refractivity contribution is -0.126. The number of likely N-dealkylation sites (tertiary alicyclic amines) is 1. The minimum Gasteiger partial charge on any atom is -0.393 e. The molecule has 0 aromatic carbocycles. The molecular formula is C27H34ClN3O3. The number of halogens is 1. The molecule has 182 valence electrons. The van der Waals surface area contributed by atoms with E-state index < -0.39 is 0 Å². The van der Waals surface area contributed by atoms with Gasteiger partial charge in [0, 0.05) is 18.7 Å². The third-order valence-corrected chi connectivity index (χ3v) is 8.89. The van der Waals surface area contributed by atoms with Crippen LogP contribution in [0, 0.1) is 11.8 Å². The number of fused-ring (bicyclic) bond motifs is 1. The fourth-order valence-corrected chi connectivity index (χ4v) is 6.43. The molecule has 6 rings (SSSR count). The molecule has 34 heavy (non-hydrogen) atoms. The van der Waals surface area contributed by atoms with Crippen LogP contribution in [0.4, 0.5) is 0 Å². The minimum atomic E-state index is -0.226. The van der Waals surface area contributed by atoms with Crippen LogP contribution in [0.2, 0.25) is 5.15 Å². The van der Waals surface area contributed by atoms with E-state index in [1.54, 1.807) is 4.90 Å². The van der Waals surface area contributed by atoms with E-state index in [0.717, 1.165) is 63.4 Å². The van der Waals surface area contributed by atoms with Crippen LogP contribution in [0.3, 0.4) is 0 Å². The van der Waals surface area contributed by atoms with E-state index in [1.807, 2.05) is 4.40 Å². The van der Waals surface area contributed by atoms with Crippen molar-refractivity contribution in [1.29, 1.82) is 0 Å². The average Bonchev–Trinajstić information content (AvgIpc) is 3.74. The summed E-state index contributed by atoms with van der Waals surface area (Å²) in [5, 5.41) is 10.2. The molecule has 3 saturated carbocycles. The molecule has 1 unspecified atom stereocenters. The molecule has 0 bridgehead atoms. The van der Waals surface area contributed by atoms with Gasteiger partial charge in [0.1, 0.15) is 10.8 Å². The summed E-state index contributed by atoms with van der Waals surface area (Å²) in [6.45, 7) is 0.698. The number of carbonyl (C=O) groups excluding carboxylic acids is 2. The molecule has 3 heterocycles. The molecule has 3 aliphatic carbocycles. The highest BCUT2D eigenvalue weighted by molar-refractivity contribution is 6.33. The van der Waals surface area contributed by atoms with E-state index >= 15 is 0 Å². The quantitative estimate of drug-likeness (QED) is 0.656. The lowest BCUT2D eigenvalue weighted by Crippen LogP contribution is -2.42. The standard InChI is InChI=1S/C27H34ClN3O3/c28-25-24(29-26-22(18-6-7-18)13-19(14-31(25)26)16-4-5-16)27(34)30-12-2-1-3-21(23(33)15-30)17-8-10-20(32)11-9-17/h13-14,16-18,20-21,32H,1-12,15H2.